The average Bonchev–Trinajstić information content (AvgIpc) is 2.82. The topological polar surface area (TPSA) is 46.3 Å². The number of benzene rings is 2. The zero-order chi connectivity index (χ0) is 24.1. The number of hydrogen-bond donors (Lipinski definition) is 1. The van der Waals surface area contributed by atoms with Crippen LogP contribution < -0.4 is 5.73 Å². The number of likely N-dealkylation sites (N-methyl/N-ethyl adjacent to an activating group) is 1. The van der Waals surface area contributed by atoms with E-state index >= 15 is 0 Å². The Morgan fingerprint density at radius 1 is 1.00 bits per heavy atom. The molecule has 178 valence electrons. The first-order valence-electron chi connectivity index (χ1n) is 12.4. The average molecular weight is 439 g/mol. The molecule has 1 fully saturated rings. The summed E-state index contributed by atoms with van der Waals surface area (Å²) in [6, 6.07) is 17.0. The molecular formula is C29H46N2O. The van der Waals surface area contributed by atoms with Crippen molar-refractivity contribution in [3.05, 3.63) is 65.2 Å². The number of carbonyl (C=O) groups is 1. The second-order valence-electron chi connectivity index (χ2n) is 8.84. The number of hydrogen-bond acceptors (Lipinski definition) is 3. The molecular weight excluding hydrogens is 392 g/mol. The number of Topliss-reactive ketones (excluding diaryl/α,β-unsaturated/α-hetero) is 1. The summed E-state index contributed by atoms with van der Waals surface area (Å²) < 4.78 is 0. The monoisotopic (exact) mass is 438 g/mol. The first-order valence-corrected chi connectivity index (χ1v) is 12.4. The van der Waals surface area contributed by atoms with E-state index < -0.39 is 0 Å². The van der Waals surface area contributed by atoms with Gasteiger partial charge in [-0.05, 0) is 70.3 Å². The molecule has 0 spiro atoms. The highest BCUT2D eigenvalue weighted by molar-refractivity contribution is 5.86. The molecule has 2 aromatic carbocycles. The molecule has 3 heteroatoms. The Hall–Kier alpha value is -2.13. The van der Waals surface area contributed by atoms with Gasteiger partial charge in [0.15, 0.2) is 0 Å². The number of nitrogen functional groups attached to an aromatic ring is 1. The molecule has 0 saturated heterocycles. The predicted molar refractivity (Wildman–Crippen MR) is 140 cm³/mol. The standard InChI is InChI=1S/C17H26N2O.C10H14.C2H6/c1-13(15-7-9-16(18)10-8-15)19(3)17(14(2)20)11-5-4-6-12-17;1-3-4-10-7-5-9(2)6-8-10;1-2/h7-10,13H,4-6,11-12,18H2,1-3H3;5-8H,3-4H2,1-2H3;1-2H3. The molecule has 0 aromatic heterocycles. The third-order valence-electron chi connectivity index (χ3n) is 6.67. The van der Waals surface area contributed by atoms with Gasteiger partial charge >= 0.3 is 0 Å². The molecule has 1 saturated carbocycles. The zero-order valence-corrected chi connectivity index (χ0v) is 21.6. The molecule has 0 heterocycles. The summed E-state index contributed by atoms with van der Waals surface area (Å²) in [5.41, 5.74) is 10.3. The summed E-state index contributed by atoms with van der Waals surface area (Å²) in [5, 5.41) is 0. The molecule has 3 nitrogen and oxygen atoms in total. The molecule has 3 rings (SSSR count). The number of nitrogens with zero attached hydrogens (tertiary/aromatic N) is 1. The van der Waals surface area contributed by atoms with Crippen molar-refractivity contribution < 1.29 is 4.79 Å². The van der Waals surface area contributed by atoms with Gasteiger partial charge in [0.05, 0.1) is 5.54 Å². The summed E-state index contributed by atoms with van der Waals surface area (Å²) >= 11 is 0. The lowest BCUT2D eigenvalue weighted by atomic mass is 9.77. The van der Waals surface area contributed by atoms with Crippen LogP contribution in [0, 0.1) is 6.92 Å². The third kappa shape index (κ3) is 7.78. The molecule has 0 aliphatic heterocycles. The fourth-order valence-electron chi connectivity index (χ4n) is 4.50. The molecule has 1 aliphatic carbocycles. The Bertz CT molecular complexity index is 774. The van der Waals surface area contributed by atoms with Crippen molar-refractivity contribution in [1.82, 2.24) is 4.90 Å². The van der Waals surface area contributed by atoms with E-state index in [0.29, 0.717) is 5.78 Å². The highest BCUT2D eigenvalue weighted by Gasteiger charge is 2.42. The summed E-state index contributed by atoms with van der Waals surface area (Å²) in [5.74, 6) is 0.307. The van der Waals surface area contributed by atoms with Crippen molar-refractivity contribution in [2.24, 2.45) is 0 Å². The Balaban J connectivity index is 0.000000358. The van der Waals surface area contributed by atoms with E-state index in [-0.39, 0.29) is 11.6 Å². The number of nitrogens with two attached hydrogens (primary N) is 1. The number of carbonyl (C=O) groups excluding carboxylic acids is 1. The van der Waals surface area contributed by atoms with E-state index in [2.05, 4.69) is 69.1 Å². The van der Waals surface area contributed by atoms with Gasteiger partial charge in [0.25, 0.3) is 0 Å². The number of rotatable bonds is 6. The minimum atomic E-state index is -0.279. The largest absolute Gasteiger partial charge is 0.399 e. The summed E-state index contributed by atoms with van der Waals surface area (Å²) in [6.07, 6.45) is 7.97. The molecule has 1 unspecified atom stereocenters. The second-order valence-corrected chi connectivity index (χ2v) is 8.84. The Kier molecular flexibility index (Phi) is 12.3. The van der Waals surface area contributed by atoms with Crippen molar-refractivity contribution >= 4 is 11.5 Å². The van der Waals surface area contributed by atoms with Crippen LogP contribution in [0.4, 0.5) is 5.69 Å². The van der Waals surface area contributed by atoms with Crippen molar-refractivity contribution in [3.63, 3.8) is 0 Å². The number of aryl methyl sites for hydroxylation is 2. The minimum absolute atomic E-state index is 0.220. The minimum Gasteiger partial charge on any atom is -0.399 e. The van der Waals surface area contributed by atoms with Crippen molar-refractivity contribution in [2.75, 3.05) is 12.8 Å². The normalized spacial score (nSPS) is 15.6. The molecule has 32 heavy (non-hydrogen) atoms. The van der Waals surface area contributed by atoms with Crippen LogP contribution in [-0.2, 0) is 11.2 Å². The van der Waals surface area contributed by atoms with Crippen LogP contribution in [0.2, 0.25) is 0 Å². The third-order valence-corrected chi connectivity index (χ3v) is 6.67. The van der Waals surface area contributed by atoms with E-state index in [1.54, 1.807) is 6.92 Å². The molecule has 1 aliphatic rings. The maximum absolute atomic E-state index is 12.3. The van der Waals surface area contributed by atoms with Crippen molar-refractivity contribution in [2.45, 2.75) is 98.1 Å². The van der Waals surface area contributed by atoms with Gasteiger partial charge in [-0.25, -0.2) is 0 Å². The van der Waals surface area contributed by atoms with Gasteiger partial charge in [-0.2, -0.15) is 0 Å². The lowest BCUT2D eigenvalue weighted by Crippen LogP contribution is -2.53. The van der Waals surface area contributed by atoms with Gasteiger partial charge < -0.3 is 5.73 Å². The van der Waals surface area contributed by atoms with E-state index in [0.717, 1.165) is 31.4 Å². The Morgan fingerprint density at radius 3 is 2.00 bits per heavy atom. The fourth-order valence-corrected chi connectivity index (χ4v) is 4.50. The van der Waals surface area contributed by atoms with Crippen LogP contribution in [0.5, 0.6) is 0 Å². The molecule has 0 radical (unpaired) electrons. The maximum Gasteiger partial charge on any atom is 0.150 e. The Labute approximate surface area is 197 Å². The highest BCUT2D eigenvalue weighted by Crippen LogP contribution is 2.38. The van der Waals surface area contributed by atoms with Gasteiger partial charge in [-0.15, -0.1) is 0 Å². The SMILES string of the molecule is CC.CC(=O)C1(N(C)C(C)c2ccc(N)cc2)CCCCC1.CCCc1ccc(C)cc1. The molecule has 0 amide bonds. The molecule has 0 bridgehead atoms. The first kappa shape index (κ1) is 27.9. The van der Waals surface area contributed by atoms with Crippen LogP contribution in [0.1, 0.15) is 95.9 Å². The van der Waals surface area contributed by atoms with Gasteiger partial charge in [0.1, 0.15) is 5.78 Å². The van der Waals surface area contributed by atoms with E-state index in [9.17, 15) is 4.79 Å². The summed E-state index contributed by atoms with van der Waals surface area (Å²) in [6.45, 7) is 12.2. The maximum atomic E-state index is 12.3. The van der Waals surface area contributed by atoms with Gasteiger partial charge in [0, 0.05) is 11.7 Å². The zero-order valence-electron chi connectivity index (χ0n) is 21.6. The van der Waals surface area contributed by atoms with E-state index in [1.807, 2.05) is 26.0 Å². The van der Waals surface area contributed by atoms with Crippen molar-refractivity contribution in [1.29, 1.82) is 0 Å². The predicted octanol–water partition coefficient (Wildman–Crippen LogP) is 7.53. The number of ketones is 1. The van der Waals surface area contributed by atoms with Crippen LogP contribution in [0.15, 0.2) is 48.5 Å². The van der Waals surface area contributed by atoms with Crippen LogP contribution >= 0.6 is 0 Å². The Morgan fingerprint density at radius 2 is 1.53 bits per heavy atom. The quantitative estimate of drug-likeness (QED) is 0.474. The number of anilines is 1. The summed E-state index contributed by atoms with van der Waals surface area (Å²) in [4.78, 5) is 14.6. The van der Waals surface area contributed by atoms with Gasteiger partial charge in [0.2, 0.25) is 0 Å². The van der Waals surface area contributed by atoms with Crippen LogP contribution in [-0.4, -0.2) is 23.3 Å². The van der Waals surface area contributed by atoms with E-state index in [1.165, 1.54) is 36.0 Å². The molecule has 2 N–H and O–H groups in total. The molecule has 2 aromatic rings. The second kappa shape index (κ2) is 14.1. The van der Waals surface area contributed by atoms with Gasteiger partial charge in [-0.3, -0.25) is 9.69 Å². The summed E-state index contributed by atoms with van der Waals surface area (Å²) in [7, 11) is 2.09. The van der Waals surface area contributed by atoms with Crippen LogP contribution in [0.25, 0.3) is 0 Å². The van der Waals surface area contributed by atoms with Crippen LogP contribution in [0.3, 0.4) is 0 Å². The van der Waals surface area contributed by atoms with Gasteiger partial charge in [-0.1, -0.05) is 88.4 Å². The lowest BCUT2D eigenvalue weighted by Gasteiger charge is -2.45. The van der Waals surface area contributed by atoms with E-state index in [4.69, 9.17) is 5.73 Å². The highest BCUT2D eigenvalue weighted by atomic mass is 16.1. The molecule has 1 atom stereocenters. The first-order chi connectivity index (χ1) is 15.3. The fraction of sp³-hybridized carbons (Fsp3) is 0.552. The lowest BCUT2D eigenvalue weighted by molar-refractivity contribution is -0.132. The smallest absolute Gasteiger partial charge is 0.150 e. The van der Waals surface area contributed by atoms with Crippen molar-refractivity contribution in [3.8, 4) is 0 Å².